The lowest BCUT2D eigenvalue weighted by Crippen LogP contribution is -2.00. The molecule has 3 aromatic heterocycles. The average Bonchev–Trinajstić information content (AvgIpc) is 3.85. The van der Waals surface area contributed by atoms with E-state index >= 15 is 0 Å². The second kappa shape index (κ2) is 13.3. The lowest BCUT2D eigenvalue weighted by atomic mass is 9.90. The number of thiophene rings is 1. The van der Waals surface area contributed by atoms with Crippen molar-refractivity contribution in [2.24, 2.45) is 0 Å². The Morgan fingerprint density at radius 3 is 1.62 bits per heavy atom. The smallest absolute Gasteiger partial charge is 0.164 e. The Morgan fingerprint density at radius 2 is 0.857 bits per heavy atom. The van der Waals surface area contributed by atoms with Crippen LogP contribution < -0.4 is 0 Å². The number of hydrogen-bond acceptors (Lipinski definition) is 5. The van der Waals surface area contributed by atoms with Gasteiger partial charge in [0.25, 0.3) is 0 Å². The fraction of sp³-hybridized carbons (Fsp3) is 0. The first-order valence-electron chi connectivity index (χ1n) is 18.7. The molecule has 0 saturated heterocycles. The van der Waals surface area contributed by atoms with Crippen LogP contribution in [0.1, 0.15) is 0 Å². The van der Waals surface area contributed by atoms with Gasteiger partial charge in [0.05, 0.1) is 0 Å². The summed E-state index contributed by atoms with van der Waals surface area (Å²) in [4.78, 5) is 15.1. The van der Waals surface area contributed by atoms with Gasteiger partial charge in [0.1, 0.15) is 11.2 Å². The first kappa shape index (κ1) is 32.2. The van der Waals surface area contributed by atoms with Gasteiger partial charge in [-0.1, -0.05) is 152 Å². The first-order valence-corrected chi connectivity index (χ1v) is 19.5. The van der Waals surface area contributed by atoms with E-state index in [1.165, 1.54) is 36.9 Å². The van der Waals surface area contributed by atoms with Crippen LogP contribution in [0, 0.1) is 0 Å². The molecule has 0 aliphatic heterocycles. The van der Waals surface area contributed by atoms with Gasteiger partial charge in [0.15, 0.2) is 17.5 Å². The summed E-state index contributed by atoms with van der Waals surface area (Å²) >= 11 is 1.85. The minimum absolute atomic E-state index is 0.586. The van der Waals surface area contributed by atoms with Crippen LogP contribution in [0.5, 0.6) is 0 Å². The average molecular weight is 734 g/mol. The summed E-state index contributed by atoms with van der Waals surface area (Å²) in [6.45, 7) is 0. The molecule has 0 aliphatic rings. The summed E-state index contributed by atoms with van der Waals surface area (Å²) in [6.07, 6.45) is 0. The zero-order valence-electron chi connectivity index (χ0n) is 30.1. The van der Waals surface area contributed by atoms with Gasteiger partial charge in [-0.05, 0) is 69.8 Å². The summed E-state index contributed by atoms with van der Waals surface area (Å²) < 4.78 is 9.25. The highest BCUT2D eigenvalue weighted by atomic mass is 32.1. The third kappa shape index (κ3) is 5.48. The van der Waals surface area contributed by atoms with Crippen LogP contribution in [-0.4, -0.2) is 15.0 Å². The Morgan fingerprint density at radius 1 is 0.321 bits per heavy atom. The highest BCUT2D eigenvalue weighted by Gasteiger charge is 2.20. The number of hydrogen-bond donors (Lipinski definition) is 0. The van der Waals surface area contributed by atoms with Crippen molar-refractivity contribution in [3.63, 3.8) is 0 Å². The molecule has 0 bridgehead atoms. The quantitative estimate of drug-likeness (QED) is 0.171. The van der Waals surface area contributed by atoms with E-state index in [-0.39, 0.29) is 0 Å². The molecule has 0 radical (unpaired) electrons. The standard InChI is InChI=1S/C51H31N3OS/c1-3-14-32(15-4-1)34-18-11-19-35(30-34)50-52-49(33-16-5-2-6-17-33)53-51(54-50)36-28-29-41-44(31-36)55-43-25-12-23-39(47(41)43)37-20-7-8-21-38(37)40-24-13-27-46-48(40)42-22-9-10-26-45(42)56-46/h1-31H. The van der Waals surface area contributed by atoms with Crippen LogP contribution in [0.15, 0.2) is 192 Å². The summed E-state index contributed by atoms with van der Waals surface area (Å²) in [6, 6.07) is 65.6. The minimum atomic E-state index is 0.586. The molecule has 11 rings (SSSR count). The van der Waals surface area contributed by atoms with Gasteiger partial charge >= 0.3 is 0 Å². The van der Waals surface area contributed by atoms with E-state index in [4.69, 9.17) is 19.4 Å². The third-order valence-electron chi connectivity index (χ3n) is 10.6. The number of fused-ring (bicyclic) bond motifs is 6. The first-order chi connectivity index (χ1) is 27.7. The number of aromatic nitrogens is 3. The molecule has 0 fully saturated rings. The monoisotopic (exact) mass is 733 g/mol. The molecule has 0 unspecified atom stereocenters. The summed E-state index contributed by atoms with van der Waals surface area (Å²) in [7, 11) is 0. The van der Waals surface area contributed by atoms with Crippen molar-refractivity contribution in [2.45, 2.75) is 0 Å². The molecule has 4 nitrogen and oxygen atoms in total. The fourth-order valence-corrected chi connectivity index (χ4v) is 9.09. The molecule has 56 heavy (non-hydrogen) atoms. The van der Waals surface area contributed by atoms with Crippen LogP contribution in [0.25, 0.3) is 110 Å². The van der Waals surface area contributed by atoms with Gasteiger partial charge < -0.3 is 4.42 Å². The van der Waals surface area contributed by atoms with Gasteiger partial charge in [-0.2, -0.15) is 0 Å². The molecule has 3 heterocycles. The molecule has 11 aromatic rings. The molecule has 0 aliphatic carbocycles. The van der Waals surface area contributed by atoms with E-state index in [1.807, 2.05) is 47.7 Å². The summed E-state index contributed by atoms with van der Waals surface area (Å²) in [5.41, 5.74) is 11.3. The third-order valence-corrected chi connectivity index (χ3v) is 11.7. The van der Waals surface area contributed by atoms with Crippen molar-refractivity contribution < 1.29 is 4.42 Å². The van der Waals surface area contributed by atoms with Crippen LogP contribution in [0.2, 0.25) is 0 Å². The predicted molar refractivity (Wildman–Crippen MR) is 233 cm³/mol. The lowest BCUT2D eigenvalue weighted by Gasteiger charge is -2.13. The maximum absolute atomic E-state index is 6.66. The lowest BCUT2D eigenvalue weighted by molar-refractivity contribution is 0.669. The highest BCUT2D eigenvalue weighted by Crippen LogP contribution is 2.45. The number of benzene rings is 8. The predicted octanol–water partition coefficient (Wildman–Crippen LogP) is 14.1. The van der Waals surface area contributed by atoms with Crippen LogP contribution in [0.4, 0.5) is 0 Å². The second-order valence-corrected chi connectivity index (χ2v) is 15.0. The van der Waals surface area contributed by atoms with Crippen molar-refractivity contribution in [2.75, 3.05) is 0 Å². The normalized spacial score (nSPS) is 11.6. The molecule has 0 spiro atoms. The molecule has 0 N–H and O–H groups in total. The van der Waals surface area contributed by atoms with Gasteiger partial charge in [-0.3, -0.25) is 0 Å². The van der Waals surface area contributed by atoms with Crippen molar-refractivity contribution in [3.05, 3.63) is 188 Å². The Balaban J connectivity index is 1.06. The topological polar surface area (TPSA) is 51.8 Å². The highest BCUT2D eigenvalue weighted by molar-refractivity contribution is 7.25. The molecule has 0 amide bonds. The van der Waals surface area contributed by atoms with Crippen LogP contribution in [0.3, 0.4) is 0 Å². The molecular weight excluding hydrogens is 703 g/mol. The summed E-state index contributed by atoms with van der Waals surface area (Å²) in [5, 5.41) is 4.72. The Kier molecular flexibility index (Phi) is 7.64. The number of nitrogens with zero attached hydrogens (tertiary/aromatic N) is 3. The van der Waals surface area contributed by atoms with E-state index in [9.17, 15) is 0 Å². The number of rotatable bonds is 6. The minimum Gasteiger partial charge on any atom is -0.456 e. The molecular formula is C51H31N3OS. The molecule has 8 aromatic carbocycles. The van der Waals surface area contributed by atoms with E-state index < -0.39 is 0 Å². The van der Waals surface area contributed by atoms with Crippen LogP contribution in [-0.2, 0) is 0 Å². The zero-order chi connectivity index (χ0) is 37.0. The SMILES string of the molecule is c1ccc(-c2cccc(-c3nc(-c4ccccc4)nc(-c4ccc5c(c4)oc4cccc(-c6ccccc6-c6cccc7sc8ccccc8c67)c45)n3)c2)cc1. The van der Waals surface area contributed by atoms with E-state index in [0.717, 1.165) is 55.3 Å². The summed E-state index contributed by atoms with van der Waals surface area (Å²) in [5.74, 6) is 1.82. The van der Waals surface area contributed by atoms with E-state index in [2.05, 4.69) is 152 Å². The molecule has 0 saturated carbocycles. The Labute approximate surface area is 327 Å². The largest absolute Gasteiger partial charge is 0.456 e. The fourth-order valence-electron chi connectivity index (χ4n) is 7.96. The van der Waals surface area contributed by atoms with Gasteiger partial charge in [0, 0.05) is 47.6 Å². The Bertz CT molecular complexity index is 3260. The zero-order valence-corrected chi connectivity index (χ0v) is 30.9. The van der Waals surface area contributed by atoms with Crippen molar-refractivity contribution in [1.82, 2.24) is 15.0 Å². The molecule has 0 atom stereocenters. The molecule has 5 heteroatoms. The van der Waals surface area contributed by atoms with E-state index in [1.54, 1.807) is 0 Å². The van der Waals surface area contributed by atoms with Crippen molar-refractivity contribution in [3.8, 4) is 67.5 Å². The maximum atomic E-state index is 6.66. The van der Waals surface area contributed by atoms with Crippen LogP contribution >= 0.6 is 11.3 Å². The second-order valence-electron chi connectivity index (χ2n) is 13.9. The van der Waals surface area contributed by atoms with E-state index in [0.29, 0.717) is 17.5 Å². The molecule has 262 valence electrons. The van der Waals surface area contributed by atoms with Crippen molar-refractivity contribution >= 4 is 53.4 Å². The van der Waals surface area contributed by atoms with Crippen molar-refractivity contribution in [1.29, 1.82) is 0 Å². The Hall–Kier alpha value is -7.21. The van der Waals surface area contributed by atoms with Gasteiger partial charge in [-0.15, -0.1) is 11.3 Å². The van der Waals surface area contributed by atoms with Gasteiger partial charge in [0.2, 0.25) is 0 Å². The maximum Gasteiger partial charge on any atom is 0.164 e. The van der Waals surface area contributed by atoms with Gasteiger partial charge in [-0.25, -0.2) is 15.0 Å². The number of furan rings is 1.